The van der Waals surface area contributed by atoms with Gasteiger partial charge in [0.05, 0.1) is 40.2 Å². The molecule has 0 spiro atoms. The van der Waals surface area contributed by atoms with Gasteiger partial charge in [-0.15, -0.1) is 0 Å². The molecule has 2 aliphatic carbocycles. The smallest absolute Gasteiger partial charge is 0.261 e. The van der Waals surface area contributed by atoms with E-state index in [2.05, 4.69) is 144 Å². The first-order chi connectivity index (χ1) is 51.4. The summed E-state index contributed by atoms with van der Waals surface area (Å²) in [7, 11) is 1.74. The molecule has 5 fully saturated rings. The second-order valence-corrected chi connectivity index (χ2v) is 29.0. The zero-order valence-corrected chi connectivity index (χ0v) is 60.4. The number of nitrogens with zero attached hydrogens (tertiary/aromatic N) is 11. The zero-order valence-electron chi connectivity index (χ0n) is 60.4. The zero-order chi connectivity index (χ0) is 71.8. The number of hydrogen-bond donors (Lipinski definition) is 6. The van der Waals surface area contributed by atoms with Crippen LogP contribution in [0, 0.1) is 25.7 Å². The van der Waals surface area contributed by atoms with Gasteiger partial charge in [0.2, 0.25) is 0 Å². The van der Waals surface area contributed by atoms with Gasteiger partial charge in [-0.3, -0.25) is 9.69 Å². The number of piperazine rings is 1. The van der Waals surface area contributed by atoms with E-state index in [0.717, 1.165) is 152 Å². The quantitative estimate of drug-likeness (QED) is 0.0348. The molecule has 12 aromatic rings. The number of aliphatic hydroxyl groups excluding tert-OH is 1. The number of pyridine rings is 1. The molecule has 9 heterocycles. The van der Waals surface area contributed by atoms with Crippen molar-refractivity contribution >= 4 is 56.1 Å². The third kappa shape index (κ3) is 17.4. The molecule has 2 saturated carbocycles. The van der Waals surface area contributed by atoms with Crippen molar-refractivity contribution in [3.8, 4) is 45.1 Å². The van der Waals surface area contributed by atoms with E-state index in [4.69, 9.17) is 30.7 Å². The van der Waals surface area contributed by atoms with Gasteiger partial charge in [-0.2, -0.15) is 0 Å². The highest BCUT2D eigenvalue weighted by Gasteiger charge is 2.36. The summed E-state index contributed by atoms with van der Waals surface area (Å²) in [5, 5.41) is 15.8. The first-order valence-electron chi connectivity index (χ1n) is 37.3. The molecule has 0 unspecified atom stereocenters. The fourth-order valence-corrected chi connectivity index (χ4v) is 15.7. The molecule has 17 rings (SSSR count). The molecule has 6 aromatic carbocycles. The van der Waals surface area contributed by atoms with Crippen LogP contribution in [-0.2, 0) is 18.0 Å². The van der Waals surface area contributed by atoms with Crippen LogP contribution < -0.4 is 36.7 Å². The number of methoxy groups -OCH3 is 1. The van der Waals surface area contributed by atoms with Gasteiger partial charge in [-0.25, -0.2) is 24.9 Å². The van der Waals surface area contributed by atoms with E-state index in [1.165, 1.54) is 84.2 Å². The van der Waals surface area contributed by atoms with Crippen LogP contribution in [0.2, 0.25) is 0 Å². The summed E-state index contributed by atoms with van der Waals surface area (Å²) in [4.78, 5) is 51.8. The lowest BCUT2D eigenvalue weighted by Gasteiger charge is -2.42. The van der Waals surface area contributed by atoms with Crippen molar-refractivity contribution in [1.29, 1.82) is 0 Å². The number of aliphatic hydroxyl groups is 1. The second-order valence-electron chi connectivity index (χ2n) is 29.0. The van der Waals surface area contributed by atoms with Gasteiger partial charge < -0.3 is 69.9 Å². The van der Waals surface area contributed by atoms with Gasteiger partial charge in [0.25, 0.3) is 5.56 Å². The maximum absolute atomic E-state index is 12.9. The Hall–Kier alpha value is -10.4. The Kier molecular flexibility index (Phi) is 24.1. The number of aromatic amines is 2. The van der Waals surface area contributed by atoms with Crippen LogP contribution >= 0.6 is 0 Å². The Balaban J connectivity index is 0.000000141. The number of aryl methyl sites for hydroxylation is 2. The van der Waals surface area contributed by atoms with Crippen LogP contribution in [-0.4, -0.2) is 156 Å². The summed E-state index contributed by atoms with van der Waals surface area (Å²) in [6, 6.07) is 51.7. The van der Waals surface area contributed by atoms with Gasteiger partial charge in [0.1, 0.15) is 71.7 Å². The number of nitrogens with two attached hydrogens (primary N) is 2. The van der Waals surface area contributed by atoms with E-state index in [-0.39, 0.29) is 27.0 Å². The third-order valence-corrected chi connectivity index (χ3v) is 21.7. The summed E-state index contributed by atoms with van der Waals surface area (Å²) in [5.74, 6) is 4.79. The van der Waals surface area contributed by atoms with Crippen molar-refractivity contribution in [1.82, 2.24) is 58.7 Å². The SMILES string of the molecule is C.C.COCCN1CCN(c2cc(C)c3nc(-c4c(NC[C@@H](O)c5cccc(C)c5)cc[nH]c4=O)[nH]c3c2)CC1.Nc1ncnc2c1c(-c1cccc(OCc3ccccc3)c1)cn2C1CC(CN2CCC2)C1.Nc1ncnc2c1c(-c1cccc(OCc3ccccc3)c1)cn2C1CC(CN2CCCC2)C1. The topological polar surface area (TPSA) is 248 Å². The van der Waals surface area contributed by atoms with E-state index in [0.29, 0.717) is 54.0 Å². The lowest BCUT2D eigenvalue weighted by atomic mass is 9.79. The number of ether oxygens (including phenoxy) is 3. The Morgan fingerprint density at radius 3 is 1.69 bits per heavy atom. The van der Waals surface area contributed by atoms with Crippen LogP contribution in [0.15, 0.2) is 188 Å². The fraction of sp³-hybridized carbons (Fsp3) is 0.372. The third-order valence-electron chi connectivity index (χ3n) is 21.7. The van der Waals surface area contributed by atoms with E-state index in [1.54, 1.807) is 32.0 Å². The highest BCUT2D eigenvalue weighted by molar-refractivity contribution is 6.02. The maximum Gasteiger partial charge on any atom is 0.261 e. The van der Waals surface area contributed by atoms with Gasteiger partial charge in [-0.05, 0) is 173 Å². The van der Waals surface area contributed by atoms with E-state index in [9.17, 15) is 9.90 Å². The van der Waals surface area contributed by atoms with Crippen LogP contribution in [0.3, 0.4) is 0 Å². The van der Waals surface area contributed by atoms with E-state index < -0.39 is 6.10 Å². The number of fused-ring (bicyclic) bond motifs is 3. The summed E-state index contributed by atoms with van der Waals surface area (Å²) in [5.41, 5.74) is 27.8. The van der Waals surface area contributed by atoms with Crippen molar-refractivity contribution in [3.63, 3.8) is 0 Å². The Morgan fingerprint density at radius 2 is 1.16 bits per heavy atom. The second kappa shape index (κ2) is 34.4. The Labute approximate surface area is 628 Å². The number of likely N-dealkylation sites (tertiary alicyclic amines) is 2. The number of nitrogens with one attached hydrogen (secondary N) is 3. The lowest BCUT2D eigenvalue weighted by Crippen LogP contribution is -2.47. The molecule has 0 amide bonds. The minimum atomic E-state index is -0.711. The number of benzene rings is 6. The molecule has 558 valence electrons. The molecule has 1 atom stereocenters. The van der Waals surface area contributed by atoms with E-state index >= 15 is 0 Å². The number of nitrogen functional groups attached to an aromatic ring is 2. The van der Waals surface area contributed by atoms with Gasteiger partial charge in [0.15, 0.2) is 0 Å². The maximum atomic E-state index is 12.9. The van der Waals surface area contributed by atoms with Crippen molar-refractivity contribution in [2.75, 3.05) is 114 Å². The van der Waals surface area contributed by atoms with Crippen LogP contribution in [0.4, 0.5) is 23.0 Å². The molecule has 3 aliphatic heterocycles. The highest BCUT2D eigenvalue weighted by Crippen LogP contribution is 2.46. The minimum Gasteiger partial charge on any atom is -0.489 e. The highest BCUT2D eigenvalue weighted by atomic mass is 16.5. The number of rotatable bonds is 23. The molecule has 6 aromatic heterocycles. The van der Waals surface area contributed by atoms with Gasteiger partial charge >= 0.3 is 0 Å². The molecule has 5 aliphatic rings. The Bertz CT molecular complexity index is 4970. The van der Waals surface area contributed by atoms with Crippen molar-refractivity contribution < 1.29 is 19.3 Å². The van der Waals surface area contributed by atoms with Crippen LogP contribution in [0.25, 0.3) is 66.7 Å². The normalized spacial score (nSPS) is 18.2. The van der Waals surface area contributed by atoms with Crippen molar-refractivity contribution in [2.24, 2.45) is 11.8 Å². The number of imidazole rings is 1. The monoisotopic (exact) mass is 1440 g/mol. The molecular weight excluding hydrogens is 1340 g/mol. The predicted molar refractivity (Wildman–Crippen MR) is 432 cm³/mol. The molecule has 21 nitrogen and oxygen atoms in total. The molecule has 107 heavy (non-hydrogen) atoms. The molecule has 0 radical (unpaired) electrons. The standard InChI is InChI=1S/C29H36N6O3.C28H31N5O.C27H29N5O.2CH4/c1-19-5-4-6-21(15-19)25(36)18-31-23-7-8-30-29(37)26(23)28-32-24-17-22(16-20(2)27(24)33-28)35-11-9-34(10-12-35)13-14-38-3;29-27-26-25(22-9-6-10-24(15-22)34-18-20-7-2-1-3-8-20)17-33(28(26)31-19-30-27)23-13-21(14-23)16-32-11-4-5-12-32;28-26-25-24(21-8-4-9-23(14-21)33-17-19-6-2-1-3-7-19)16-32(27(25)30-18-29-26)22-12-20(13-22)15-31-10-5-11-31;;/h4-8,15-17,25,36H,9-14,18H2,1-3H3,(H,32,33)(H2,30,31,37);1-3,6-10,15,17,19,21,23H,4-5,11-14,16,18H2,(H2,29,30,31);1-4,6-9,14,16,18,20,22H,5,10-13,15,17H2,(H2,28,29,30);2*1H4/t25-;;;;/m1..../s1. The summed E-state index contributed by atoms with van der Waals surface area (Å²) in [6.45, 7) is 18.5. The molecule has 8 N–H and O–H groups in total. The lowest BCUT2D eigenvalue weighted by molar-refractivity contribution is 0.0921. The fourth-order valence-electron chi connectivity index (χ4n) is 15.7. The van der Waals surface area contributed by atoms with E-state index in [1.807, 2.05) is 91.9 Å². The minimum absolute atomic E-state index is 0. The molecule has 21 heteroatoms. The summed E-state index contributed by atoms with van der Waals surface area (Å²) in [6.07, 6.45) is 17.3. The molecule has 3 saturated heterocycles. The first-order valence-corrected chi connectivity index (χ1v) is 37.3. The summed E-state index contributed by atoms with van der Waals surface area (Å²) < 4.78 is 22.0. The number of anilines is 4. The largest absolute Gasteiger partial charge is 0.489 e. The number of aromatic nitrogens is 9. The van der Waals surface area contributed by atoms with Crippen molar-refractivity contribution in [2.45, 2.75) is 105 Å². The van der Waals surface area contributed by atoms with Crippen LogP contribution in [0.5, 0.6) is 11.5 Å². The van der Waals surface area contributed by atoms with Gasteiger partial charge in [-0.1, -0.05) is 130 Å². The average molecular weight is 1440 g/mol. The Morgan fingerprint density at radius 1 is 0.607 bits per heavy atom. The summed E-state index contributed by atoms with van der Waals surface area (Å²) >= 11 is 0. The van der Waals surface area contributed by atoms with Crippen LogP contribution in [0.1, 0.15) is 106 Å². The van der Waals surface area contributed by atoms with Crippen molar-refractivity contribution in [3.05, 3.63) is 221 Å². The number of hydrogen-bond acceptors (Lipinski definition) is 17. The molecule has 0 bridgehead atoms. The number of H-pyrrole nitrogens is 2. The first kappa shape index (κ1) is 74.8. The predicted octanol–water partition coefficient (Wildman–Crippen LogP) is 14.9. The molecular formula is C86H104N16O5. The average Bonchev–Trinajstić information content (AvgIpc) is 1.61. The van der Waals surface area contributed by atoms with Gasteiger partial charge in [0, 0.05) is 107 Å².